The van der Waals surface area contributed by atoms with Gasteiger partial charge in [-0.05, 0) is 42.3 Å². The van der Waals surface area contributed by atoms with Crippen LogP contribution < -0.4 is 4.72 Å². The smallest absolute Gasteiger partial charge is 0.336 e. The topological polar surface area (TPSA) is 125 Å². The van der Waals surface area contributed by atoms with Crippen molar-refractivity contribution in [2.75, 3.05) is 4.72 Å². The van der Waals surface area contributed by atoms with Crippen molar-refractivity contribution >= 4 is 32.7 Å². The van der Waals surface area contributed by atoms with Crippen LogP contribution in [0.5, 0.6) is 0 Å². The number of aromatic carboxylic acids is 1. The van der Waals surface area contributed by atoms with Gasteiger partial charge in [-0.15, -0.1) is 0 Å². The van der Waals surface area contributed by atoms with Gasteiger partial charge >= 0.3 is 5.97 Å². The van der Waals surface area contributed by atoms with E-state index in [9.17, 15) is 27.1 Å². The van der Waals surface area contributed by atoms with Crippen LogP contribution in [-0.2, 0) is 16.4 Å². The lowest BCUT2D eigenvalue weighted by atomic mass is 10.0. The van der Waals surface area contributed by atoms with Crippen LogP contribution in [-0.4, -0.2) is 34.7 Å². The highest BCUT2D eigenvalue weighted by Gasteiger charge is 2.21. The number of halogens is 2. The molecule has 3 N–H and O–H groups in total. The number of H-pyrrole nitrogens is 1. The first kappa shape index (κ1) is 25.0. The largest absolute Gasteiger partial charge is 0.478 e. The Morgan fingerprint density at radius 1 is 0.974 bits per heavy atom. The van der Waals surface area contributed by atoms with Gasteiger partial charge in [-0.3, -0.25) is 9.82 Å². The predicted molar refractivity (Wildman–Crippen MR) is 138 cm³/mol. The Kier molecular flexibility index (Phi) is 6.37. The number of benzene rings is 3. The number of pyridine rings is 1. The third kappa shape index (κ3) is 4.71. The predicted octanol–water partition coefficient (Wildman–Crippen LogP) is 5.63. The third-order valence-corrected chi connectivity index (χ3v) is 7.42. The summed E-state index contributed by atoms with van der Waals surface area (Å²) in [5.41, 5.74) is 2.93. The van der Waals surface area contributed by atoms with Crippen LogP contribution in [0, 0.1) is 11.6 Å². The molecule has 0 aliphatic heterocycles. The summed E-state index contributed by atoms with van der Waals surface area (Å²) in [6.07, 6.45) is 0.870. The third-order valence-electron chi connectivity index (χ3n) is 6.04. The average Bonchev–Trinajstić information content (AvgIpc) is 3.34. The number of nitrogens with zero attached hydrogens (tertiary/aromatic N) is 2. The zero-order valence-electron chi connectivity index (χ0n) is 19.9. The van der Waals surface area contributed by atoms with Crippen molar-refractivity contribution < 1.29 is 27.1 Å². The van der Waals surface area contributed by atoms with Crippen LogP contribution in [0.25, 0.3) is 33.5 Å². The second kappa shape index (κ2) is 9.67. The van der Waals surface area contributed by atoms with Crippen LogP contribution in [0.15, 0.2) is 77.7 Å². The van der Waals surface area contributed by atoms with Crippen molar-refractivity contribution in [2.24, 2.45) is 0 Å². The number of aromatic amines is 1. The summed E-state index contributed by atoms with van der Waals surface area (Å²) in [4.78, 5) is 16.5. The van der Waals surface area contributed by atoms with E-state index in [1.807, 2.05) is 31.2 Å². The molecule has 0 spiro atoms. The van der Waals surface area contributed by atoms with E-state index < -0.39 is 33.3 Å². The van der Waals surface area contributed by atoms with Crippen molar-refractivity contribution in [1.82, 2.24) is 15.2 Å². The number of fused-ring (bicyclic) bond motifs is 1. The van der Waals surface area contributed by atoms with Crippen LogP contribution in [0.1, 0.15) is 22.8 Å². The summed E-state index contributed by atoms with van der Waals surface area (Å²) in [6.45, 7) is 2.04. The average molecular weight is 535 g/mol. The van der Waals surface area contributed by atoms with Crippen molar-refractivity contribution in [3.05, 3.63) is 95.6 Å². The Labute approximate surface area is 216 Å². The second-order valence-electron chi connectivity index (χ2n) is 8.46. The zero-order valence-corrected chi connectivity index (χ0v) is 20.7. The van der Waals surface area contributed by atoms with Crippen molar-refractivity contribution in [2.45, 2.75) is 18.2 Å². The fourth-order valence-corrected chi connectivity index (χ4v) is 5.10. The number of aryl methyl sites for hydroxylation is 1. The molecule has 11 heteroatoms. The molecule has 0 aliphatic carbocycles. The molecule has 8 nitrogen and oxygen atoms in total. The highest BCUT2D eigenvalue weighted by molar-refractivity contribution is 7.92. The SMILES string of the molecule is CCc1ccc(-c2[nH]nc3nc(-c4ccc(S(=O)(=O)Nc5ccc(F)cc5F)cc4)cc(C(=O)O)c23)cc1. The van der Waals surface area contributed by atoms with Gasteiger partial charge in [0, 0.05) is 17.2 Å². The standard InChI is InChI=1S/C27H20F2N4O4S/c1-2-15-3-5-17(6-4-15)25-24-20(27(34)35)14-23(30-26(24)32-31-25)16-7-10-19(11-8-16)38(36,37)33-22-12-9-18(28)13-21(22)29/h3-14,33H,2H2,1H3,(H,34,35)(H,30,31,32). The normalized spacial score (nSPS) is 11.6. The van der Waals surface area contributed by atoms with Crippen molar-refractivity contribution in [1.29, 1.82) is 0 Å². The summed E-state index contributed by atoms with van der Waals surface area (Å²) < 4.78 is 54.6. The molecule has 0 atom stereocenters. The lowest BCUT2D eigenvalue weighted by molar-refractivity contribution is 0.0699. The van der Waals surface area contributed by atoms with E-state index in [-0.39, 0.29) is 21.8 Å². The van der Waals surface area contributed by atoms with E-state index in [1.165, 1.54) is 30.3 Å². The quantitative estimate of drug-likeness (QED) is 0.249. The number of carbonyl (C=O) groups is 1. The highest BCUT2D eigenvalue weighted by atomic mass is 32.2. The molecule has 5 rings (SSSR count). The van der Waals surface area contributed by atoms with Gasteiger partial charge in [0.2, 0.25) is 0 Å². The first-order valence-corrected chi connectivity index (χ1v) is 12.9. The molecule has 0 bridgehead atoms. The molecular formula is C27H20F2N4O4S. The molecule has 5 aromatic rings. The second-order valence-corrected chi connectivity index (χ2v) is 10.1. The fraction of sp³-hybridized carbons (Fsp3) is 0.0741. The van der Waals surface area contributed by atoms with Gasteiger partial charge in [0.1, 0.15) is 11.6 Å². The maximum Gasteiger partial charge on any atom is 0.336 e. The minimum atomic E-state index is -4.18. The molecule has 2 heterocycles. The number of carboxylic acid groups (broad SMARTS) is 1. The Bertz CT molecular complexity index is 1790. The molecule has 2 aromatic heterocycles. The van der Waals surface area contributed by atoms with E-state index in [0.717, 1.165) is 29.7 Å². The van der Waals surface area contributed by atoms with Crippen LogP contribution in [0.3, 0.4) is 0 Å². The summed E-state index contributed by atoms with van der Waals surface area (Å²) >= 11 is 0. The number of hydrogen-bond acceptors (Lipinski definition) is 5. The Morgan fingerprint density at radius 2 is 1.66 bits per heavy atom. The van der Waals surface area contributed by atoms with Crippen LogP contribution >= 0.6 is 0 Å². The van der Waals surface area contributed by atoms with Crippen LogP contribution in [0.4, 0.5) is 14.5 Å². The molecule has 3 aromatic carbocycles. The Morgan fingerprint density at radius 3 is 2.29 bits per heavy atom. The molecule has 38 heavy (non-hydrogen) atoms. The molecule has 192 valence electrons. The van der Waals surface area contributed by atoms with E-state index >= 15 is 0 Å². The molecule has 0 radical (unpaired) electrons. The zero-order chi connectivity index (χ0) is 27.0. The fourth-order valence-electron chi connectivity index (χ4n) is 4.04. The highest BCUT2D eigenvalue weighted by Crippen LogP contribution is 2.32. The van der Waals surface area contributed by atoms with Gasteiger partial charge in [-0.25, -0.2) is 27.0 Å². The van der Waals surface area contributed by atoms with Crippen molar-refractivity contribution in [3.63, 3.8) is 0 Å². The summed E-state index contributed by atoms with van der Waals surface area (Å²) in [5, 5.41) is 17.4. The summed E-state index contributed by atoms with van der Waals surface area (Å²) in [6, 6.07) is 17.0. The maximum atomic E-state index is 13.9. The lowest BCUT2D eigenvalue weighted by Gasteiger charge is -2.10. The monoisotopic (exact) mass is 534 g/mol. The van der Waals surface area contributed by atoms with Gasteiger partial charge in [0.15, 0.2) is 5.65 Å². The van der Waals surface area contributed by atoms with Gasteiger partial charge in [0.05, 0.1) is 32.9 Å². The molecule has 0 saturated heterocycles. The van der Waals surface area contributed by atoms with E-state index in [1.54, 1.807) is 0 Å². The molecule has 0 saturated carbocycles. The molecule has 0 unspecified atom stereocenters. The Balaban J connectivity index is 1.50. The van der Waals surface area contributed by atoms with E-state index in [0.29, 0.717) is 22.7 Å². The molecule has 0 amide bonds. The number of carboxylic acids is 1. The maximum absolute atomic E-state index is 13.9. The van der Waals surface area contributed by atoms with Crippen molar-refractivity contribution in [3.8, 4) is 22.5 Å². The summed E-state index contributed by atoms with van der Waals surface area (Å²) in [7, 11) is -4.18. The number of sulfonamides is 1. The number of aromatic nitrogens is 3. The number of nitrogens with one attached hydrogen (secondary N) is 2. The lowest BCUT2D eigenvalue weighted by Crippen LogP contribution is -2.14. The minimum absolute atomic E-state index is 0.0153. The van der Waals surface area contributed by atoms with E-state index in [2.05, 4.69) is 19.9 Å². The first-order valence-electron chi connectivity index (χ1n) is 11.5. The van der Waals surface area contributed by atoms with Gasteiger partial charge in [-0.1, -0.05) is 43.3 Å². The molecule has 0 aliphatic rings. The van der Waals surface area contributed by atoms with Gasteiger partial charge in [-0.2, -0.15) is 5.10 Å². The number of hydrogen-bond donors (Lipinski definition) is 3. The van der Waals surface area contributed by atoms with Gasteiger partial charge in [0.25, 0.3) is 10.0 Å². The summed E-state index contributed by atoms with van der Waals surface area (Å²) in [5.74, 6) is -3.06. The van der Waals surface area contributed by atoms with E-state index in [4.69, 9.17) is 0 Å². The Hall–Kier alpha value is -4.64. The number of rotatable bonds is 7. The van der Waals surface area contributed by atoms with Crippen LogP contribution in [0.2, 0.25) is 0 Å². The van der Waals surface area contributed by atoms with Gasteiger partial charge < -0.3 is 5.11 Å². The number of anilines is 1. The molecule has 0 fully saturated rings. The molecular weight excluding hydrogens is 514 g/mol. The minimum Gasteiger partial charge on any atom is -0.478 e. The first-order chi connectivity index (χ1) is 18.2.